The molecular weight excluding hydrogens is 414 g/mol. The number of fused-ring (bicyclic) bond motifs is 4. The van der Waals surface area contributed by atoms with Crippen LogP contribution < -0.4 is 0 Å². The molecule has 0 radical (unpaired) electrons. The SMILES string of the molecule is COC[C@@]1(OC)CC[C@@H]2[C@H]3CCC4=CC(=O)CCC4=C3[C@H](c3ccc(/C=N/O)cc3)C[C@]21C. The van der Waals surface area contributed by atoms with Gasteiger partial charge in [-0.3, -0.25) is 4.79 Å². The van der Waals surface area contributed by atoms with Crippen LogP contribution in [0.15, 0.2) is 52.2 Å². The molecule has 0 saturated heterocycles. The average molecular weight is 450 g/mol. The Morgan fingerprint density at radius 2 is 1.94 bits per heavy atom. The standard InChI is InChI=1S/C28H35NO4/c1-27-15-24(19-6-4-18(5-7-19)16-29-31)26-22-11-9-21(30)14-20(22)8-10-23(26)25(27)12-13-28(27,33-3)17-32-2/h4-7,14,16,23-25,31H,8-13,15,17H2,1-3H3/b29-16+/t23-,24+,25-,27-,28+/m1/s1. The minimum absolute atomic E-state index is 0.00802. The highest BCUT2D eigenvalue weighted by molar-refractivity contribution is 5.93. The van der Waals surface area contributed by atoms with E-state index < -0.39 is 0 Å². The summed E-state index contributed by atoms with van der Waals surface area (Å²) in [6.45, 7) is 3.05. The minimum atomic E-state index is -0.275. The largest absolute Gasteiger partial charge is 0.411 e. The van der Waals surface area contributed by atoms with Crippen LogP contribution in [-0.2, 0) is 14.3 Å². The zero-order chi connectivity index (χ0) is 23.2. The summed E-state index contributed by atoms with van der Waals surface area (Å²) >= 11 is 0. The maximum atomic E-state index is 12.2. The lowest BCUT2D eigenvalue weighted by molar-refractivity contribution is -0.149. The first-order valence-electron chi connectivity index (χ1n) is 12.2. The van der Waals surface area contributed by atoms with E-state index in [2.05, 4.69) is 24.2 Å². The molecule has 1 aromatic rings. The molecule has 5 rings (SSSR count). The fourth-order valence-electron chi connectivity index (χ4n) is 7.78. The molecule has 0 heterocycles. The van der Waals surface area contributed by atoms with E-state index in [0.29, 0.717) is 24.9 Å². The summed E-state index contributed by atoms with van der Waals surface area (Å²) in [5, 5.41) is 12.1. The third kappa shape index (κ3) is 3.43. The van der Waals surface area contributed by atoms with Gasteiger partial charge in [0.05, 0.1) is 18.4 Å². The molecule has 1 aromatic carbocycles. The number of allylic oxidation sites excluding steroid dienone is 4. The number of ether oxygens (including phenoxy) is 2. The Balaban J connectivity index is 1.65. The fourth-order valence-corrected chi connectivity index (χ4v) is 7.78. The van der Waals surface area contributed by atoms with Gasteiger partial charge in [0.25, 0.3) is 0 Å². The molecular formula is C28H35NO4. The van der Waals surface area contributed by atoms with Gasteiger partial charge in [-0.2, -0.15) is 0 Å². The maximum Gasteiger partial charge on any atom is 0.156 e. The second-order valence-electron chi connectivity index (χ2n) is 10.6. The number of hydrogen-bond acceptors (Lipinski definition) is 5. The van der Waals surface area contributed by atoms with Crippen LogP contribution >= 0.6 is 0 Å². The van der Waals surface area contributed by atoms with E-state index in [4.69, 9.17) is 14.7 Å². The van der Waals surface area contributed by atoms with Crippen molar-refractivity contribution in [3.63, 3.8) is 0 Å². The van der Waals surface area contributed by atoms with Crippen LogP contribution in [0.3, 0.4) is 0 Å². The van der Waals surface area contributed by atoms with E-state index in [0.717, 1.165) is 44.1 Å². The molecule has 0 aliphatic heterocycles. The molecule has 2 saturated carbocycles. The van der Waals surface area contributed by atoms with Crippen molar-refractivity contribution < 1.29 is 19.5 Å². The van der Waals surface area contributed by atoms with Gasteiger partial charge in [0.15, 0.2) is 5.78 Å². The van der Waals surface area contributed by atoms with E-state index in [1.165, 1.54) is 22.9 Å². The molecule has 176 valence electrons. The molecule has 0 aromatic heterocycles. The summed E-state index contributed by atoms with van der Waals surface area (Å²) in [5.41, 5.74) is 6.23. The Bertz CT molecular complexity index is 1020. The zero-order valence-corrected chi connectivity index (χ0v) is 20.0. The van der Waals surface area contributed by atoms with Crippen LogP contribution in [0.4, 0.5) is 0 Å². The predicted molar refractivity (Wildman–Crippen MR) is 128 cm³/mol. The Labute approximate surface area is 196 Å². The molecule has 0 bridgehead atoms. The fraction of sp³-hybridized carbons (Fsp3) is 0.571. The number of rotatable bonds is 5. The van der Waals surface area contributed by atoms with Crippen LogP contribution in [0.2, 0.25) is 0 Å². The normalized spacial score (nSPS) is 35.9. The molecule has 0 amide bonds. The third-order valence-electron chi connectivity index (χ3n) is 9.34. The van der Waals surface area contributed by atoms with Crippen LogP contribution in [-0.4, -0.2) is 43.6 Å². The summed E-state index contributed by atoms with van der Waals surface area (Å²) in [4.78, 5) is 12.2. The summed E-state index contributed by atoms with van der Waals surface area (Å²) in [7, 11) is 3.64. The van der Waals surface area contributed by atoms with Crippen molar-refractivity contribution in [1.29, 1.82) is 0 Å². The van der Waals surface area contributed by atoms with Crippen LogP contribution in [0.1, 0.15) is 68.9 Å². The van der Waals surface area contributed by atoms with Crippen molar-refractivity contribution >= 4 is 12.0 Å². The first-order chi connectivity index (χ1) is 16.0. The molecule has 4 aliphatic carbocycles. The Hall–Kier alpha value is -2.24. The molecule has 33 heavy (non-hydrogen) atoms. The maximum absolute atomic E-state index is 12.2. The Morgan fingerprint density at radius 3 is 2.64 bits per heavy atom. The second kappa shape index (κ2) is 8.52. The molecule has 1 N–H and O–H groups in total. The Morgan fingerprint density at radius 1 is 1.15 bits per heavy atom. The van der Waals surface area contributed by atoms with Gasteiger partial charge in [-0.15, -0.1) is 0 Å². The number of carbonyl (C=O) groups excluding carboxylic acids is 1. The van der Waals surface area contributed by atoms with Gasteiger partial charge in [0.2, 0.25) is 0 Å². The lowest BCUT2D eigenvalue weighted by atomic mass is 9.51. The van der Waals surface area contributed by atoms with E-state index in [9.17, 15) is 4.79 Å². The van der Waals surface area contributed by atoms with Crippen molar-refractivity contribution in [3.8, 4) is 0 Å². The average Bonchev–Trinajstić information content (AvgIpc) is 3.11. The van der Waals surface area contributed by atoms with Crippen molar-refractivity contribution in [3.05, 3.63) is 58.2 Å². The molecule has 0 unspecified atom stereocenters. The highest BCUT2D eigenvalue weighted by Crippen LogP contribution is 2.67. The lowest BCUT2D eigenvalue weighted by Gasteiger charge is -2.55. The second-order valence-corrected chi connectivity index (χ2v) is 10.6. The van der Waals surface area contributed by atoms with E-state index in [1.54, 1.807) is 12.7 Å². The van der Waals surface area contributed by atoms with Crippen LogP contribution in [0.5, 0.6) is 0 Å². The predicted octanol–water partition coefficient (Wildman–Crippen LogP) is 5.43. The quantitative estimate of drug-likeness (QED) is 0.370. The first-order valence-corrected chi connectivity index (χ1v) is 12.2. The van der Waals surface area contributed by atoms with Gasteiger partial charge >= 0.3 is 0 Å². The van der Waals surface area contributed by atoms with E-state index >= 15 is 0 Å². The van der Waals surface area contributed by atoms with Gasteiger partial charge in [-0.05, 0) is 78.7 Å². The van der Waals surface area contributed by atoms with Gasteiger partial charge in [0, 0.05) is 32.0 Å². The molecule has 5 heteroatoms. The van der Waals surface area contributed by atoms with E-state index in [-0.39, 0.29) is 22.7 Å². The topological polar surface area (TPSA) is 68.1 Å². The van der Waals surface area contributed by atoms with Gasteiger partial charge in [-0.1, -0.05) is 41.9 Å². The Kier molecular flexibility index (Phi) is 5.82. The minimum Gasteiger partial charge on any atom is -0.411 e. The van der Waals surface area contributed by atoms with Crippen LogP contribution in [0, 0.1) is 17.3 Å². The highest BCUT2D eigenvalue weighted by atomic mass is 16.5. The summed E-state index contributed by atoms with van der Waals surface area (Å²) in [6, 6.07) is 8.42. The molecule has 5 atom stereocenters. The number of nitrogens with zero attached hydrogens (tertiary/aromatic N) is 1. The van der Waals surface area contributed by atoms with Crippen molar-refractivity contribution in [1.82, 2.24) is 0 Å². The summed E-state index contributed by atoms with van der Waals surface area (Å²) in [6.07, 6.45) is 10.2. The molecule has 2 fully saturated rings. The number of ketones is 1. The monoisotopic (exact) mass is 449 g/mol. The van der Waals surface area contributed by atoms with Gasteiger partial charge in [0.1, 0.15) is 0 Å². The number of oxime groups is 1. The van der Waals surface area contributed by atoms with Crippen LogP contribution in [0.25, 0.3) is 0 Å². The molecule has 0 spiro atoms. The first kappa shape index (κ1) is 22.5. The van der Waals surface area contributed by atoms with Gasteiger partial charge in [-0.25, -0.2) is 0 Å². The number of benzene rings is 1. The molecule has 5 nitrogen and oxygen atoms in total. The van der Waals surface area contributed by atoms with E-state index in [1.807, 2.05) is 25.3 Å². The van der Waals surface area contributed by atoms with Crippen molar-refractivity contribution in [2.75, 3.05) is 20.8 Å². The summed E-state index contributed by atoms with van der Waals surface area (Å²) < 4.78 is 12.0. The number of carbonyl (C=O) groups is 1. The summed E-state index contributed by atoms with van der Waals surface area (Å²) in [5.74, 6) is 1.64. The number of methoxy groups -OCH3 is 2. The van der Waals surface area contributed by atoms with Crippen molar-refractivity contribution in [2.24, 2.45) is 22.4 Å². The lowest BCUT2D eigenvalue weighted by Crippen LogP contribution is -2.54. The van der Waals surface area contributed by atoms with Crippen molar-refractivity contribution in [2.45, 2.75) is 63.4 Å². The smallest absolute Gasteiger partial charge is 0.156 e. The third-order valence-corrected chi connectivity index (χ3v) is 9.34. The number of hydrogen-bond donors (Lipinski definition) is 1. The highest BCUT2D eigenvalue weighted by Gasteiger charge is 2.63. The zero-order valence-electron chi connectivity index (χ0n) is 20.0. The molecule has 4 aliphatic rings. The van der Waals surface area contributed by atoms with Gasteiger partial charge < -0.3 is 14.7 Å².